The fourth-order valence-electron chi connectivity index (χ4n) is 10.7. The third-order valence-corrected chi connectivity index (χ3v) is 12.8. The molecule has 0 aromatic heterocycles. The maximum Gasteiger partial charge on any atom is 0.335 e. The number of aliphatic hydroxyl groups excluding tert-OH is 2. The van der Waals surface area contributed by atoms with Gasteiger partial charge < -0.3 is 19.7 Å². The Bertz CT molecular complexity index is 1020. The maximum absolute atomic E-state index is 13.4. The number of hydrogen-bond donors (Lipinski definition) is 2. The van der Waals surface area contributed by atoms with Crippen LogP contribution >= 0.6 is 0 Å². The van der Waals surface area contributed by atoms with Crippen molar-refractivity contribution in [3.8, 4) is 0 Å². The Morgan fingerprint density at radius 3 is 2.39 bits per heavy atom. The summed E-state index contributed by atoms with van der Waals surface area (Å²) in [5.41, 5.74) is 0.815. The van der Waals surface area contributed by atoms with Crippen molar-refractivity contribution in [1.29, 1.82) is 0 Å². The molecule has 0 aromatic rings. The van der Waals surface area contributed by atoms with Crippen molar-refractivity contribution in [3.63, 3.8) is 0 Å². The number of carbonyl (C=O) groups excluding carboxylic acids is 2. The second-order valence-electron chi connectivity index (χ2n) is 14.5. The summed E-state index contributed by atoms with van der Waals surface area (Å²) in [6.07, 6.45) is 6.32. The molecule has 0 spiro atoms. The van der Waals surface area contributed by atoms with Gasteiger partial charge in [0.2, 0.25) is 0 Å². The minimum atomic E-state index is -0.737. The monoisotopic (exact) mass is 530 g/mol. The smallest absolute Gasteiger partial charge is 0.335 e. The van der Waals surface area contributed by atoms with E-state index < -0.39 is 35.8 Å². The van der Waals surface area contributed by atoms with Crippen molar-refractivity contribution >= 4 is 11.9 Å². The van der Waals surface area contributed by atoms with Crippen LogP contribution in [0.5, 0.6) is 0 Å². The normalized spacial score (nSPS) is 48.8. The molecule has 5 aliphatic rings. The van der Waals surface area contributed by atoms with Gasteiger partial charge in [0.05, 0.1) is 24.2 Å². The topological polar surface area (TPSA) is 93.1 Å². The molecule has 0 aromatic carbocycles. The summed E-state index contributed by atoms with van der Waals surface area (Å²) < 4.78 is 12.0. The molecule has 4 aliphatic carbocycles. The first kappa shape index (κ1) is 28.1. The fraction of sp³-hybridized carbons (Fsp3) is 0.875. The van der Waals surface area contributed by atoms with Crippen molar-refractivity contribution in [2.75, 3.05) is 0 Å². The molecule has 1 unspecified atom stereocenters. The van der Waals surface area contributed by atoms with Crippen molar-refractivity contribution in [1.82, 2.24) is 0 Å². The highest BCUT2D eigenvalue weighted by Gasteiger charge is 2.71. The van der Waals surface area contributed by atoms with Gasteiger partial charge in [-0.2, -0.15) is 0 Å². The summed E-state index contributed by atoms with van der Waals surface area (Å²) in [6, 6.07) is 0. The van der Waals surface area contributed by atoms with E-state index in [0.29, 0.717) is 47.7 Å². The van der Waals surface area contributed by atoms with Gasteiger partial charge in [-0.25, -0.2) is 4.79 Å². The number of hydrogen-bond acceptors (Lipinski definition) is 6. The zero-order valence-corrected chi connectivity index (χ0v) is 24.6. The molecular formula is C32H50O6. The lowest BCUT2D eigenvalue weighted by Gasteiger charge is -2.70. The van der Waals surface area contributed by atoms with E-state index in [0.717, 1.165) is 12.8 Å². The molecule has 5 rings (SSSR count). The summed E-state index contributed by atoms with van der Waals surface area (Å²) >= 11 is 0. The summed E-state index contributed by atoms with van der Waals surface area (Å²) in [6.45, 7) is 15.5. The van der Waals surface area contributed by atoms with Crippen molar-refractivity contribution in [2.45, 2.75) is 137 Å². The Morgan fingerprint density at radius 2 is 1.74 bits per heavy atom. The number of fused-ring (bicyclic) bond motifs is 6. The predicted octanol–water partition coefficient (Wildman–Crippen LogP) is 5.73. The standard InChI is InChI=1S/C32H50O6/c1-8-19(33)15-25(35)38-24-17-22-30(5)13-10-12-29(4,9-2)21(30)11-14-31(22,6)23-16-20(34)26-18(3)37-28(36)27(26)32(23,24)7/h18-24,33-34H,8-17H2,1-7H3/t18-,19?,20+,21+,22-,23+,24-,29+,30+,31-,32-/m1/s1. The molecule has 214 valence electrons. The third kappa shape index (κ3) is 3.78. The Morgan fingerprint density at radius 1 is 1.05 bits per heavy atom. The fourth-order valence-corrected chi connectivity index (χ4v) is 10.7. The zero-order chi connectivity index (χ0) is 27.8. The molecule has 1 aliphatic heterocycles. The van der Waals surface area contributed by atoms with E-state index in [9.17, 15) is 19.8 Å². The van der Waals surface area contributed by atoms with Gasteiger partial charge in [-0.3, -0.25) is 4.79 Å². The van der Waals surface area contributed by atoms with Crippen LogP contribution in [0.15, 0.2) is 11.1 Å². The average Bonchev–Trinajstić information content (AvgIpc) is 3.16. The van der Waals surface area contributed by atoms with Gasteiger partial charge in [-0.1, -0.05) is 54.4 Å². The largest absolute Gasteiger partial charge is 0.461 e. The van der Waals surface area contributed by atoms with Crippen LogP contribution in [0.4, 0.5) is 0 Å². The van der Waals surface area contributed by atoms with Crippen LogP contribution in [0.1, 0.15) is 113 Å². The Hall–Kier alpha value is -1.40. The van der Waals surface area contributed by atoms with Crippen molar-refractivity contribution < 1.29 is 29.3 Å². The zero-order valence-electron chi connectivity index (χ0n) is 24.6. The minimum Gasteiger partial charge on any atom is -0.461 e. The molecule has 0 bridgehead atoms. The average molecular weight is 531 g/mol. The first-order chi connectivity index (χ1) is 17.8. The van der Waals surface area contributed by atoms with E-state index in [4.69, 9.17) is 9.47 Å². The van der Waals surface area contributed by atoms with Crippen LogP contribution in [-0.2, 0) is 19.1 Å². The molecule has 38 heavy (non-hydrogen) atoms. The highest BCUT2D eigenvalue weighted by Crippen LogP contribution is 2.74. The number of carbonyl (C=O) groups is 2. The van der Waals surface area contributed by atoms with Gasteiger partial charge in [-0.05, 0) is 85.9 Å². The molecular weight excluding hydrogens is 480 g/mol. The quantitative estimate of drug-likeness (QED) is 0.441. The molecule has 0 saturated heterocycles. The lowest BCUT2D eigenvalue weighted by Crippen LogP contribution is -2.67. The third-order valence-electron chi connectivity index (χ3n) is 12.8. The van der Waals surface area contributed by atoms with E-state index >= 15 is 0 Å². The molecule has 0 amide bonds. The number of ether oxygens (including phenoxy) is 2. The van der Waals surface area contributed by atoms with E-state index in [1.807, 2.05) is 13.8 Å². The molecule has 6 heteroatoms. The van der Waals surface area contributed by atoms with Crippen LogP contribution in [0.3, 0.4) is 0 Å². The highest BCUT2D eigenvalue weighted by atomic mass is 16.6. The lowest BCUT2D eigenvalue weighted by molar-refractivity contribution is -0.232. The number of esters is 2. The Labute approximate surface area is 228 Å². The first-order valence-electron chi connectivity index (χ1n) is 15.3. The van der Waals surface area contributed by atoms with Gasteiger partial charge in [0.15, 0.2) is 0 Å². The molecule has 1 heterocycles. The molecule has 6 nitrogen and oxygen atoms in total. The summed E-state index contributed by atoms with van der Waals surface area (Å²) in [4.78, 5) is 26.6. The van der Waals surface area contributed by atoms with Gasteiger partial charge in [0, 0.05) is 11.0 Å². The van der Waals surface area contributed by atoms with Crippen LogP contribution in [0.2, 0.25) is 0 Å². The molecule has 2 N–H and O–H groups in total. The predicted molar refractivity (Wildman–Crippen MR) is 145 cm³/mol. The van der Waals surface area contributed by atoms with E-state index in [2.05, 4.69) is 34.6 Å². The Balaban J connectivity index is 1.63. The first-order valence-corrected chi connectivity index (χ1v) is 15.3. The summed E-state index contributed by atoms with van der Waals surface area (Å²) in [5, 5.41) is 21.6. The van der Waals surface area contributed by atoms with E-state index in [1.165, 1.54) is 25.7 Å². The SMILES string of the molecule is CCC(O)CC(=O)O[C@@H]1C[C@@H]2[C@@]3(C)CCC[C@](C)(CC)[C@@H]3CC[C@@]2(C)[C@@H]2C[C@H](O)C3=C(C(=O)O[C@@H]3C)[C@@]12C. The molecule has 3 saturated carbocycles. The van der Waals surface area contributed by atoms with Crippen molar-refractivity contribution in [3.05, 3.63) is 11.1 Å². The lowest BCUT2D eigenvalue weighted by atomic mass is 9.34. The highest BCUT2D eigenvalue weighted by molar-refractivity contribution is 5.94. The summed E-state index contributed by atoms with van der Waals surface area (Å²) in [7, 11) is 0. The van der Waals surface area contributed by atoms with Crippen molar-refractivity contribution in [2.24, 2.45) is 39.4 Å². The number of cyclic esters (lactones) is 1. The Kier molecular flexibility index (Phi) is 6.91. The van der Waals surface area contributed by atoms with Gasteiger partial charge in [-0.15, -0.1) is 0 Å². The molecule has 0 radical (unpaired) electrons. The second kappa shape index (κ2) is 9.33. The van der Waals surface area contributed by atoms with Gasteiger partial charge in [0.1, 0.15) is 12.2 Å². The molecule has 3 fully saturated rings. The van der Waals surface area contributed by atoms with Gasteiger partial charge in [0.25, 0.3) is 0 Å². The van der Waals surface area contributed by atoms with E-state index in [1.54, 1.807) is 0 Å². The number of aliphatic hydroxyl groups is 2. The maximum atomic E-state index is 13.4. The van der Waals surface area contributed by atoms with Crippen LogP contribution < -0.4 is 0 Å². The molecule has 11 atom stereocenters. The van der Waals surface area contributed by atoms with Crippen LogP contribution in [0.25, 0.3) is 0 Å². The summed E-state index contributed by atoms with van der Waals surface area (Å²) in [5.74, 6) is 0.138. The minimum absolute atomic E-state index is 0.0122. The van der Waals surface area contributed by atoms with E-state index in [-0.39, 0.29) is 29.1 Å². The van der Waals surface area contributed by atoms with Crippen LogP contribution in [-0.4, -0.2) is 46.6 Å². The van der Waals surface area contributed by atoms with Crippen LogP contribution in [0, 0.1) is 39.4 Å². The number of rotatable bonds is 5. The van der Waals surface area contributed by atoms with Gasteiger partial charge >= 0.3 is 11.9 Å². The second-order valence-corrected chi connectivity index (χ2v) is 14.5.